The van der Waals surface area contributed by atoms with Crippen LogP contribution in [0.25, 0.3) is 0 Å². The number of hydrogen-bond donors (Lipinski definition) is 1. The van der Waals surface area contributed by atoms with Crippen molar-refractivity contribution in [1.29, 1.82) is 0 Å². The molecule has 0 saturated carbocycles. The summed E-state index contributed by atoms with van der Waals surface area (Å²) in [5.41, 5.74) is 1.47. The van der Waals surface area contributed by atoms with Gasteiger partial charge in [-0.15, -0.1) is 0 Å². The van der Waals surface area contributed by atoms with Gasteiger partial charge in [-0.25, -0.2) is 4.98 Å². The molecular formula is C15H22N4O. The van der Waals surface area contributed by atoms with E-state index in [9.17, 15) is 4.79 Å². The van der Waals surface area contributed by atoms with E-state index in [1.54, 1.807) is 6.20 Å². The highest BCUT2D eigenvalue weighted by atomic mass is 16.2. The first kappa shape index (κ1) is 13.4. The van der Waals surface area contributed by atoms with E-state index in [-0.39, 0.29) is 11.9 Å². The third-order valence-electron chi connectivity index (χ3n) is 4.47. The summed E-state index contributed by atoms with van der Waals surface area (Å²) < 4.78 is 0. The zero-order valence-corrected chi connectivity index (χ0v) is 12.2. The lowest BCUT2D eigenvalue weighted by atomic mass is 10.1. The van der Waals surface area contributed by atoms with Crippen LogP contribution in [-0.4, -0.2) is 59.5 Å². The lowest BCUT2D eigenvalue weighted by molar-refractivity contribution is 0.0390. The molecule has 20 heavy (non-hydrogen) atoms. The Morgan fingerprint density at radius 2 is 2.25 bits per heavy atom. The number of aromatic nitrogens is 1. The molecule has 2 unspecified atom stereocenters. The van der Waals surface area contributed by atoms with Gasteiger partial charge in [0.25, 0.3) is 5.91 Å². The Balaban J connectivity index is 1.75. The van der Waals surface area contributed by atoms with Crippen LogP contribution < -0.4 is 5.32 Å². The van der Waals surface area contributed by atoms with Gasteiger partial charge in [0, 0.05) is 32.2 Å². The first-order valence-corrected chi connectivity index (χ1v) is 7.38. The van der Waals surface area contributed by atoms with Crippen LogP contribution in [0.5, 0.6) is 0 Å². The van der Waals surface area contributed by atoms with Crippen molar-refractivity contribution in [2.24, 2.45) is 0 Å². The number of nitrogens with one attached hydrogen (secondary N) is 1. The molecule has 5 heteroatoms. The lowest BCUT2D eigenvalue weighted by Crippen LogP contribution is -2.56. The largest absolute Gasteiger partial charge is 0.387 e. The van der Waals surface area contributed by atoms with Crippen molar-refractivity contribution in [3.05, 3.63) is 24.0 Å². The summed E-state index contributed by atoms with van der Waals surface area (Å²) in [6.45, 7) is 5.15. The van der Waals surface area contributed by atoms with Gasteiger partial charge in [-0.3, -0.25) is 9.69 Å². The van der Waals surface area contributed by atoms with E-state index in [0.29, 0.717) is 11.7 Å². The molecule has 0 spiro atoms. The first-order chi connectivity index (χ1) is 9.69. The minimum absolute atomic E-state index is 0.0618. The number of pyridine rings is 1. The molecule has 1 amide bonds. The number of carbonyl (C=O) groups is 1. The minimum Gasteiger partial charge on any atom is -0.387 e. The Bertz CT molecular complexity index is 487. The molecule has 108 valence electrons. The van der Waals surface area contributed by atoms with Gasteiger partial charge < -0.3 is 10.2 Å². The third kappa shape index (κ3) is 2.38. The van der Waals surface area contributed by atoms with Crippen molar-refractivity contribution < 1.29 is 4.79 Å². The molecule has 1 aromatic heterocycles. The number of carbonyl (C=O) groups excluding carboxylic acids is 1. The molecule has 2 aliphatic rings. The van der Waals surface area contributed by atoms with E-state index in [2.05, 4.69) is 22.1 Å². The van der Waals surface area contributed by atoms with E-state index in [4.69, 9.17) is 0 Å². The molecule has 1 N–H and O–H groups in total. The number of fused-ring (bicyclic) bond motifs is 1. The number of hydrogen-bond acceptors (Lipinski definition) is 4. The Morgan fingerprint density at radius 3 is 2.95 bits per heavy atom. The van der Waals surface area contributed by atoms with E-state index in [1.807, 2.05) is 24.1 Å². The maximum atomic E-state index is 12.6. The fraction of sp³-hybridized carbons (Fsp3) is 0.600. The molecule has 2 fully saturated rings. The van der Waals surface area contributed by atoms with Crippen molar-refractivity contribution >= 4 is 11.6 Å². The lowest BCUT2D eigenvalue weighted by Gasteiger charge is -2.42. The number of anilines is 1. The first-order valence-electron chi connectivity index (χ1n) is 7.38. The van der Waals surface area contributed by atoms with Gasteiger partial charge >= 0.3 is 0 Å². The summed E-state index contributed by atoms with van der Waals surface area (Å²) in [6, 6.07) is 4.52. The van der Waals surface area contributed by atoms with Crippen LogP contribution in [0.4, 0.5) is 5.69 Å². The molecule has 5 nitrogen and oxygen atoms in total. The van der Waals surface area contributed by atoms with E-state index in [0.717, 1.165) is 18.8 Å². The molecule has 0 bridgehead atoms. The zero-order valence-electron chi connectivity index (χ0n) is 12.2. The van der Waals surface area contributed by atoms with Gasteiger partial charge in [-0.1, -0.05) is 0 Å². The Labute approximate surface area is 120 Å². The number of piperazine rings is 1. The van der Waals surface area contributed by atoms with Crippen molar-refractivity contribution in [1.82, 2.24) is 14.8 Å². The van der Waals surface area contributed by atoms with Gasteiger partial charge in [0.1, 0.15) is 5.69 Å². The summed E-state index contributed by atoms with van der Waals surface area (Å²) in [4.78, 5) is 21.4. The number of rotatable bonds is 2. The maximum Gasteiger partial charge on any atom is 0.272 e. The van der Waals surface area contributed by atoms with Gasteiger partial charge in [0.05, 0.1) is 11.9 Å². The van der Waals surface area contributed by atoms with Crippen LogP contribution in [0.2, 0.25) is 0 Å². The maximum absolute atomic E-state index is 12.6. The fourth-order valence-electron chi connectivity index (χ4n) is 3.29. The molecule has 2 atom stereocenters. The van der Waals surface area contributed by atoms with Crippen molar-refractivity contribution in [3.8, 4) is 0 Å². The van der Waals surface area contributed by atoms with Crippen molar-refractivity contribution in [3.63, 3.8) is 0 Å². The third-order valence-corrected chi connectivity index (χ3v) is 4.47. The molecule has 1 aromatic rings. The van der Waals surface area contributed by atoms with Crippen LogP contribution in [0, 0.1) is 0 Å². The van der Waals surface area contributed by atoms with Gasteiger partial charge in [0.2, 0.25) is 0 Å². The smallest absolute Gasteiger partial charge is 0.272 e. The van der Waals surface area contributed by atoms with Crippen LogP contribution in [0.3, 0.4) is 0 Å². The molecule has 0 radical (unpaired) electrons. The number of nitrogens with zero attached hydrogens (tertiary/aromatic N) is 3. The minimum atomic E-state index is 0.0618. The summed E-state index contributed by atoms with van der Waals surface area (Å²) in [5.74, 6) is 0.0618. The predicted octanol–water partition coefficient (Wildman–Crippen LogP) is 1.43. The average molecular weight is 274 g/mol. The van der Waals surface area contributed by atoms with Crippen LogP contribution in [0.1, 0.15) is 30.3 Å². The van der Waals surface area contributed by atoms with Gasteiger partial charge in [-0.05, 0) is 38.4 Å². The standard InChI is InChI=1S/C15H22N4O/c1-11-9-18-7-3-4-13(18)10-19(11)15(20)14-6-5-12(16-2)8-17-14/h5-6,8,11,13,16H,3-4,7,9-10H2,1-2H3. The highest BCUT2D eigenvalue weighted by Gasteiger charge is 2.36. The highest BCUT2D eigenvalue weighted by molar-refractivity contribution is 5.92. The summed E-state index contributed by atoms with van der Waals surface area (Å²) in [7, 11) is 1.85. The summed E-state index contributed by atoms with van der Waals surface area (Å²) in [5, 5.41) is 3.02. The quantitative estimate of drug-likeness (QED) is 0.886. The Kier molecular flexibility index (Phi) is 3.61. The summed E-state index contributed by atoms with van der Waals surface area (Å²) in [6.07, 6.45) is 4.18. The number of amides is 1. The second-order valence-electron chi connectivity index (χ2n) is 5.78. The van der Waals surface area contributed by atoms with E-state index in [1.165, 1.54) is 19.4 Å². The molecular weight excluding hydrogens is 252 g/mol. The second kappa shape index (κ2) is 5.40. The topological polar surface area (TPSA) is 48.5 Å². The Morgan fingerprint density at radius 1 is 1.40 bits per heavy atom. The van der Waals surface area contributed by atoms with Crippen LogP contribution in [-0.2, 0) is 0 Å². The van der Waals surface area contributed by atoms with Gasteiger partial charge in [0.15, 0.2) is 0 Å². The normalized spacial score (nSPS) is 26.4. The van der Waals surface area contributed by atoms with E-state index < -0.39 is 0 Å². The fourth-order valence-corrected chi connectivity index (χ4v) is 3.29. The van der Waals surface area contributed by atoms with E-state index >= 15 is 0 Å². The molecule has 0 aliphatic carbocycles. The average Bonchev–Trinajstić information content (AvgIpc) is 2.93. The summed E-state index contributed by atoms with van der Waals surface area (Å²) >= 11 is 0. The Hall–Kier alpha value is -1.62. The van der Waals surface area contributed by atoms with Crippen LogP contribution in [0.15, 0.2) is 18.3 Å². The van der Waals surface area contributed by atoms with Gasteiger partial charge in [-0.2, -0.15) is 0 Å². The molecule has 2 saturated heterocycles. The van der Waals surface area contributed by atoms with Crippen molar-refractivity contribution in [2.45, 2.75) is 31.8 Å². The molecule has 0 aromatic carbocycles. The molecule has 2 aliphatic heterocycles. The van der Waals surface area contributed by atoms with Crippen LogP contribution >= 0.6 is 0 Å². The molecule has 3 heterocycles. The molecule has 3 rings (SSSR count). The zero-order chi connectivity index (χ0) is 14.1. The highest BCUT2D eigenvalue weighted by Crippen LogP contribution is 2.25. The predicted molar refractivity (Wildman–Crippen MR) is 78.9 cm³/mol. The SMILES string of the molecule is CNc1ccc(C(=O)N2CC3CCCN3CC2C)nc1. The monoisotopic (exact) mass is 274 g/mol. The van der Waals surface area contributed by atoms with Crippen molar-refractivity contribution in [2.75, 3.05) is 32.0 Å². The second-order valence-corrected chi connectivity index (χ2v) is 5.78.